The standard InChI is InChI=1S/C21H19F3N4O2/c1-11-3-4-12(10-29)7-16(11)25-20-26-21(30)27(2)18-6-5-17(28(18)20)13-8-14(22)19(24)15(23)9-13/h3-4,6-9,17,29H,5,10H2,1-2H3,(H,25,26,30). The molecule has 156 valence electrons. The van der Waals surface area contributed by atoms with E-state index in [1.54, 1.807) is 30.2 Å². The normalized spacial score (nSPS) is 18.3. The van der Waals surface area contributed by atoms with Crippen LogP contribution in [0.3, 0.4) is 0 Å². The van der Waals surface area contributed by atoms with Crippen LogP contribution in [0.15, 0.2) is 47.2 Å². The van der Waals surface area contributed by atoms with Gasteiger partial charge in [0.25, 0.3) is 0 Å². The molecule has 2 aromatic carbocycles. The average molecular weight is 416 g/mol. The molecule has 0 radical (unpaired) electrons. The summed E-state index contributed by atoms with van der Waals surface area (Å²) in [4.78, 5) is 19.4. The predicted molar refractivity (Wildman–Crippen MR) is 105 cm³/mol. The third-order valence-corrected chi connectivity index (χ3v) is 5.26. The van der Waals surface area contributed by atoms with Crippen LogP contribution in [-0.4, -0.2) is 33.9 Å². The van der Waals surface area contributed by atoms with E-state index in [1.807, 2.05) is 13.0 Å². The lowest BCUT2D eigenvalue weighted by atomic mass is 10.0. The molecule has 0 spiro atoms. The average Bonchev–Trinajstić information content (AvgIpc) is 3.17. The van der Waals surface area contributed by atoms with E-state index >= 15 is 0 Å². The number of fused-ring (bicyclic) bond motifs is 1. The Kier molecular flexibility index (Phi) is 4.98. The maximum absolute atomic E-state index is 13.9. The van der Waals surface area contributed by atoms with Crippen molar-refractivity contribution in [3.8, 4) is 0 Å². The van der Waals surface area contributed by atoms with Crippen LogP contribution in [0.5, 0.6) is 0 Å². The van der Waals surface area contributed by atoms with Crippen LogP contribution in [0.1, 0.15) is 29.2 Å². The second kappa shape index (κ2) is 7.49. The van der Waals surface area contributed by atoms with E-state index in [2.05, 4.69) is 10.3 Å². The number of halogens is 3. The topological polar surface area (TPSA) is 68.2 Å². The Labute approximate surface area is 170 Å². The van der Waals surface area contributed by atoms with Crippen LogP contribution in [0.25, 0.3) is 0 Å². The molecule has 1 atom stereocenters. The van der Waals surface area contributed by atoms with Crippen LogP contribution in [0.4, 0.5) is 23.7 Å². The molecule has 0 aromatic heterocycles. The highest BCUT2D eigenvalue weighted by molar-refractivity contribution is 6.04. The van der Waals surface area contributed by atoms with E-state index in [9.17, 15) is 23.1 Å². The van der Waals surface area contributed by atoms with Gasteiger partial charge >= 0.3 is 6.03 Å². The second-order valence-electron chi connectivity index (χ2n) is 7.19. The number of aliphatic hydroxyl groups is 1. The largest absolute Gasteiger partial charge is 0.392 e. The molecule has 2 heterocycles. The minimum atomic E-state index is -1.53. The van der Waals surface area contributed by atoms with Crippen molar-refractivity contribution in [3.63, 3.8) is 0 Å². The fourth-order valence-corrected chi connectivity index (χ4v) is 3.62. The summed E-state index contributed by atoms with van der Waals surface area (Å²) >= 11 is 0. The Balaban J connectivity index is 1.75. The molecular weight excluding hydrogens is 397 g/mol. The van der Waals surface area contributed by atoms with Crippen LogP contribution in [-0.2, 0) is 6.61 Å². The quantitative estimate of drug-likeness (QED) is 0.742. The van der Waals surface area contributed by atoms with Crippen LogP contribution >= 0.6 is 0 Å². The number of carbonyl (C=O) groups is 1. The summed E-state index contributed by atoms with van der Waals surface area (Å²) in [6.45, 7) is 1.69. The number of aliphatic imine (C=N–C) groups is 1. The van der Waals surface area contributed by atoms with Crippen molar-refractivity contribution in [2.75, 3.05) is 12.4 Å². The number of benzene rings is 2. The minimum absolute atomic E-state index is 0.158. The number of urea groups is 1. The molecule has 0 bridgehead atoms. The minimum Gasteiger partial charge on any atom is -0.392 e. The van der Waals surface area contributed by atoms with E-state index in [-0.39, 0.29) is 18.1 Å². The lowest BCUT2D eigenvalue weighted by molar-refractivity contribution is 0.210. The van der Waals surface area contributed by atoms with E-state index in [0.717, 1.165) is 17.7 Å². The maximum Gasteiger partial charge on any atom is 0.352 e. The van der Waals surface area contributed by atoms with Crippen molar-refractivity contribution < 1.29 is 23.1 Å². The molecule has 2 aliphatic heterocycles. The Morgan fingerprint density at radius 3 is 2.57 bits per heavy atom. The maximum atomic E-state index is 13.9. The first-order valence-corrected chi connectivity index (χ1v) is 9.27. The number of amides is 2. The van der Waals surface area contributed by atoms with Crippen LogP contribution in [0.2, 0.25) is 0 Å². The smallest absolute Gasteiger partial charge is 0.352 e. The second-order valence-corrected chi connectivity index (χ2v) is 7.19. The number of anilines is 1. The lowest BCUT2D eigenvalue weighted by Crippen LogP contribution is -2.46. The Hall–Kier alpha value is -3.33. The third kappa shape index (κ3) is 3.30. The molecule has 9 heteroatoms. The van der Waals surface area contributed by atoms with E-state index in [1.165, 1.54) is 4.90 Å². The van der Waals surface area contributed by atoms with E-state index in [0.29, 0.717) is 23.5 Å². The van der Waals surface area contributed by atoms with Gasteiger partial charge in [0.05, 0.1) is 12.6 Å². The number of guanidine groups is 1. The lowest BCUT2D eigenvalue weighted by Gasteiger charge is -2.37. The zero-order valence-electron chi connectivity index (χ0n) is 16.3. The van der Waals surface area contributed by atoms with Gasteiger partial charge < -0.3 is 10.4 Å². The number of nitrogens with zero attached hydrogens (tertiary/aromatic N) is 3. The number of aliphatic hydroxyl groups excluding tert-OH is 1. The van der Waals surface area contributed by atoms with Crippen LogP contribution < -0.4 is 5.32 Å². The summed E-state index contributed by atoms with van der Waals surface area (Å²) in [7, 11) is 1.55. The molecule has 0 saturated heterocycles. The molecule has 2 N–H and O–H groups in total. The molecule has 30 heavy (non-hydrogen) atoms. The Morgan fingerprint density at radius 2 is 1.90 bits per heavy atom. The molecule has 4 rings (SSSR count). The fourth-order valence-electron chi connectivity index (χ4n) is 3.62. The summed E-state index contributed by atoms with van der Waals surface area (Å²) in [5.41, 5.74) is 2.36. The van der Waals surface area contributed by atoms with Gasteiger partial charge in [0.15, 0.2) is 17.5 Å². The molecule has 2 aromatic rings. The SMILES string of the molecule is Cc1ccc(CO)cc1NC1=NC(=O)N(C)C2=CCC(c3cc(F)c(F)c(F)c3)N21. The molecule has 0 aliphatic carbocycles. The summed E-state index contributed by atoms with van der Waals surface area (Å²) in [5.74, 6) is -3.41. The first-order chi connectivity index (χ1) is 14.3. The molecule has 1 unspecified atom stereocenters. The van der Waals surface area contributed by atoms with E-state index in [4.69, 9.17) is 0 Å². The molecule has 2 aliphatic rings. The van der Waals surface area contributed by atoms with Gasteiger partial charge in [0, 0.05) is 12.7 Å². The van der Waals surface area contributed by atoms with Crippen molar-refractivity contribution >= 4 is 17.7 Å². The van der Waals surface area contributed by atoms with Gasteiger partial charge in [-0.05, 0) is 54.3 Å². The van der Waals surface area contributed by atoms with Gasteiger partial charge in [0.1, 0.15) is 5.82 Å². The zero-order valence-corrected chi connectivity index (χ0v) is 16.3. The Morgan fingerprint density at radius 1 is 1.20 bits per heavy atom. The number of aryl methyl sites for hydroxylation is 1. The van der Waals surface area contributed by atoms with Crippen molar-refractivity contribution in [2.45, 2.75) is 26.0 Å². The first-order valence-electron chi connectivity index (χ1n) is 9.27. The van der Waals surface area contributed by atoms with Gasteiger partial charge in [-0.2, -0.15) is 4.99 Å². The van der Waals surface area contributed by atoms with E-state index < -0.39 is 29.5 Å². The van der Waals surface area contributed by atoms with Gasteiger partial charge in [-0.1, -0.05) is 12.1 Å². The van der Waals surface area contributed by atoms with Gasteiger partial charge in [-0.15, -0.1) is 0 Å². The van der Waals surface area contributed by atoms with Gasteiger partial charge in [-0.3, -0.25) is 9.80 Å². The number of hydrogen-bond donors (Lipinski definition) is 2. The summed E-state index contributed by atoms with van der Waals surface area (Å²) in [6.07, 6.45) is 2.10. The molecule has 0 saturated carbocycles. The first kappa shape index (κ1) is 20.0. The molecule has 6 nitrogen and oxygen atoms in total. The summed E-state index contributed by atoms with van der Waals surface area (Å²) in [6, 6.07) is 6.12. The fraction of sp³-hybridized carbons (Fsp3) is 0.238. The monoisotopic (exact) mass is 416 g/mol. The molecule has 0 fully saturated rings. The van der Waals surface area contributed by atoms with Gasteiger partial charge in [0.2, 0.25) is 5.96 Å². The summed E-state index contributed by atoms with van der Waals surface area (Å²) in [5, 5.41) is 12.5. The molecular formula is C21H19F3N4O2. The number of carbonyl (C=O) groups excluding carboxylic acids is 1. The zero-order chi connectivity index (χ0) is 21.6. The van der Waals surface area contributed by atoms with Crippen LogP contribution in [0, 0.1) is 24.4 Å². The third-order valence-electron chi connectivity index (χ3n) is 5.26. The highest BCUT2D eigenvalue weighted by Crippen LogP contribution is 2.39. The predicted octanol–water partition coefficient (Wildman–Crippen LogP) is 4.03. The van der Waals surface area contributed by atoms with Crippen molar-refractivity contribution in [2.24, 2.45) is 4.99 Å². The summed E-state index contributed by atoms with van der Waals surface area (Å²) < 4.78 is 41.1. The molecule has 2 amide bonds. The van der Waals surface area contributed by atoms with Crippen molar-refractivity contribution in [1.29, 1.82) is 0 Å². The Bertz CT molecular complexity index is 1080. The highest BCUT2D eigenvalue weighted by Gasteiger charge is 2.39. The van der Waals surface area contributed by atoms with Crippen molar-refractivity contribution in [3.05, 3.63) is 76.4 Å². The highest BCUT2D eigenvalue weighted by atomic mass is 19.2. The van der Waals surface area contributed by atoms with Gasteiger partial charge in [-0.25, -0.2) is 18.0 Å². The number of rotatable bonds is 3. The number of hydrogen-bond acceptors (Lipinski definition) is 4. The number of nitrogens with one attached hydrogen (secondary N) is 1. The van der Waals surface area contributed by atoms with Crippen molar-refractivity contribution in [1.82, 2.24) is 9.80 Å².